The molecule has 0 aromatic heterocycles. The minimum Gasteiger partial charge on any atom is -0.462 e. The highest BCUT2D eigenvalue weighted by Crippen LogP contribution is 2.04. The van der Waals surface area contributed by atoms with Crippen LogP contribution >= 0.6 is 0 Å². The molecule has 0 saturated carbocycles. The molecule has 6 heteroatoms. The highest BCUT2D eigenvalue weighted by Gasteiger charge is 2.05. The smallest absolute Gasteiger partial charge is 0.330 e. The Labute approximate surface area is 178 Å². The van der Waals surface area contributed by atoms with Gasteiger partial charge in [0.25, 0.3) is 0 Å². The number of amides is 1. The lowest BCUT2D eigenvalue weighted by Crippen LogP contribution is -2.27. The lowest BCUT2D eigenvalue weighted by atomic mass is 10.1. The Morgan fingerprint density at radius 2 is 1.59 bits per heavy atom. The Bertz CT molecular complexity index is 425. The molecular weight excluding hydrogens is 368 g/mol. The van der Waals surface area contributed by atoms with Gasteiger partial charge in [0.2, 0.25) is 5.91 Å². The quantitative estimate of drug-likeness (QED) is 0.181. The zero-order chi connectivity index (χ0) is 22.2. The summed E-state index contributed by atoms with van der Waals surface area (Å²) in [6.07, 6.45) is 12.2. The standard InChI is InChI=1S/C17H34N2O.C6H10O3/c1-4-6-8-9-10-11-14-19-17(20)16(3)12-15-18-13-7-5-2;1-2-6(8)9-5-3-4-7/h18H,3-15H2,1-2H3,(H,19,20);2,7H,1,3-5H2. The van der Waals surface area contributed by atoms with E-state index in [1.807, 2.05) is 0 Å². The van der Waals surface area contributed by atoms with Crippen molar-refractivity contribution in [3.63, 3.8) is 0 Å². The summed E-state index contributed by atoms with van der Waals surface area (Å²) in [7, 11) is 0. The Balaban J connectivity index is 0. The van der Waals surface area contributed by atoms with E-state index in [4.69, 9.17) is 5.11 Å². The van der Waals surface area contributed by atoms with E-state index in [1.54, 1.807) is 0 Å². The van der Waals surface area contributed by atoms with E-state index in [0.717, 1.165) is 38.6 Å². The first-order chi connectivity index (χ1) is 14.0. The van der Waals surface area contributed by atoms with Gasteiger partial charge in [-0.25, -0.2) is 4.79 Å². The molecule has 3 N–H and O–H groups in total. The lowest BCUT2D eigenvalue weighted by Gasteiger charge is -2.08. The van der Waals surface area contributed by atoms with Gasteiger partial charge in [0.05, 0.1) is 6.61 Å². The largest absolute Gasteiger partial charge is 0.462 e. The molecule has 0 atom stereocenters. The summed E-state index contributed by atoms with van der Waals surface area (Å²) >= 11 is 0. The average molecular weight is 413 g/mol. The van der Waals surface area contributed by atoms with Crippen LogP contribution in [0.2, 0.25) is 0 Å². The molecular formula is C23H44N2O4. The van der Waals surface area contributed by atoms with E-state index in [-0.39, 0.29) is 19.1 Å². The average Bonchev–Trinajstić information content (AvgIpc) is 2.73. The first kappa shape index (κ1) is 29.5. The van der Waals surface area contributed by atoms with Crippen LogP contribution in [0.15, 0.2) is 24.8 Å². The number of aliphatic hydroxyl groups is 1. The van der Waals surface area contributed by atoms with Crippen LogP contribution in [-0.4, -0.2) is 49.8 Å². The number of rotatable bonds is 18. The predicted octanol–water partition coefficient (Wildman–Crippen LogP) is 3.90. The lowest BCUT2D eigenvalue weighted by molar-refractivity contribution is -0.138. The molecule has 0 radical (unpaired) electrons. The fraction of sp³-hybridized carbons (Fsp3) is 0.739. The van der Waals surface area contributed by atoms with E-state index in [2.05, 4.69) is 42.4 Å². The third-order valence-electron chi connectivity index (χ3n) is 4.16. The first-order valence-corrected chi connectivity index (χ1v) is 11.1. The molecule has 0 aromatic rings. The van der Waals surface area contributed by atoms with Gasteiger partial charge in [-0.15, -0.1) is 0 Å². The van der Waals surface area contributed by atoms with Crippen LogP contribution in [-0.2, 0) is 14.3 Å². The van der Waals surface area contributed by atoms with Gasteiger partial charge >= 0.3 is 5.97 Å². The van der Waals surface area contributed by atoms with Crippen LogP contribution in [0, 0.1) is 0 Å². The topological polar surface area (TPSA) is 87.7 Å². The molecule has 0 saturated heterocycles. The number of carbonyl (C=O) groups is 2. The fourth-order valence-electron chi connectivity index (χ4n) is 2.31. The highest BCUT2D eigenvalue weighted by molar-refractivity contribution is 5.92. The molecule has 0 aliphatic rings. The van der Waals surface area contributed by atoms with Gasteiger partial charge in [-0.3, -0.25) is 4.79 Å². The number of esters is 1. The molecule has 0 aromatic carbocycles. The molecule has 29 heavy (non-hydrogen) atoms. The molecule has 0 spiro atoms. The number of nitrogens with one attached hydrogen (secondary N) is 2. The van der Waals surface area contributed by atoms with Crippen LogP contribution in [0.5, 0.6) is 0 Å². The summed E-state index contributed by atoms with van der Waals surface area (Å²) in [4.78, 5) is 22.0. The van der Waals surface area contributed by atoms with E-state index in [1.165, 1.54) is 44.9 Å². The van der Waals surface area contributed by atoms with Gasteiger partial charge in [-0.2, -0.15) is 0 Å². The maximum atomic E-state index is 11.8. The molecule has 0 unspecified atom stereocenters. The van der Waals surface area contributed by atoms with Crippen molar-refractivity contribution < 1.29 is 19.4 Å². The Morgan fingerprint density at radius 3 is 2.21 bits per heavy atom. The third-order valence-corrected chi connectivity index (χ3v) is 4.16. The molecule has 0 fully saturated rings. The molecule has 0 heterocycles. The van der Waals surface area contributed by atoms with Crippen molar-refractivity contribution in [3.05, 3.63) is 24.8 Å². The van der Waals surface area contributed by atoms with Gasteiger partial charge < -0.3 is 20.5 Å². The van der Waals surface area contributed by atoms with Crippen molar-refractivity contribution >= 4 is 11.9 Å². The van der Waals surface area contributed by atoms with Gasteiger partial charge in [-0.1, -0.05) is 65.5 Å². The van der Waals surface area contributed by atoms with Gasteiger partial charge in [0.1, 0.15) is 0 Å². The van der Waals surface area contributed by atoms with Gasteiger partial charge in [-0.05, 0) is 32.4 Å². The summed E-state index contributed by atoms with van der Waals surface area (Å²) in [5.41, 5.74) is 0.694. The van der Waals surface area contributed by atoms with E-state index >= 15 is 0 Å². The number of hydrogen-bond acceptors (Lipinski definition) is 5. The van der Waals surface area contributed by atoms with Crippen LogP contribution in [0.3, 0.4) is 0 Å². The van der Waals surface area contributed by atoms with Crippen molar-refractivity contribution in [2.75, 3.05) is 32.8 Å². The van der Waals surface area contributed by atoms with Crippen LogP contribution in [0.1, 0.15) is 78.1 Å². The highest BCUT2D eigenvalue weighted by atomic mass is 16.5. The normalized spacial score (nSPS) is 9.90. The summed E-state index contributed by atoms with van der Waals surface area (Å²) in [5.74, 6) is -0.417. The summed E-state index contributed by atoms with van der Waals surface area (Å²) in [5, 5.41) is 14.5. The maximum absolute atomic E-state index is 11.8. The number of hydrogen-bond donors (Lipinski definition) is 3. The predicted molar refractivity (Wildman–Crippen MR) is 121 cm³/mol. The number of aliphatic hydroxyl groups excluding tert-OH is 1. The van der Waals surface area contributed by atoms with Gasteiger partial charge in [0.15, 0.2) is 0 Å². The van der Waals surface area contributed by atoms with E-state index in [0.29, 0.717) is 12.0 Å². The molecule has 0 aliphatic carbocycles. The summed E-state index contributed by atoms with van der Waals surface area (Å²) in [6.45, 7) is 14.4. The second-order valence-electron chi connectivity index (χ2n) is 6.93. The van der Waals surface area contributed by atoms with Crippen molar-refractivity contribution in [3.8, 4) is 0 Å². The van der Waals surface area contributed by atoms with E-state index < -0.39 is 5.97 Å². The van der Waals surface area contributed by atoms with Crippen LogP contribution in [0.25, 0.3) is 0 Å². The van der Waals surface area contributed by atoms with E-state index in [9.17, 15) is 9.59 Å². The van der Waals surface area contributed by atoms with Crippen LogP contribution < -0.4 is 10.6 Å². The summed E-state index contributed by atoms with van der Waals surface area (Å²) in [6, 6.07) is 0. The van der Waals surface area contributed by atoms with Crippen molar-refractivity contribution in [1.82, 2.24) is 10.6 Å². The molecule has 0 bridgehead atoms. The van der Waals surface area contributed by atoms with Crippen molar-refractivity contribution in [1.29, 1.82) is 0 Å². The second kappa shape index (κ2) is 24.4. The molecule has 0 aliphatic heterocycles. The number of unbranched alkanes of at least 4 members (excludes halogenated alkanes) is 6. The Hall–Kier alpha value is -1.66. The molecule has 6 nitrogen and oxygen atoms in total. The van der Waals surface area contributed by atoms with Crippen molar-refractivity contribution in [2.45, 2.75) is 78.1 Å². The fourth-order valence-corrected chi connectivity index (χ4v) is 2.31. The molecule has 0 rings (SSSR count). The zero-order valence-electron chi connectivity index (χ0n) is 18.8. The zero-order valence-corrected chi connectivity index (χ0v) is 18.8. The molecule has 1 amide bonds. The Kier molecular flexibility index (Phi) is 24.8. The van der Waals surface area contributed by atoms with Crippen molar-refractivity contribution in [2.24, 2.45) is 0 Å². The maximum Gasteiger partial charge on any atom is 0.330 e. The number of ether oxygens (including phenoxy) is 1. The third kappa shape index (κ3) is 24.3. The Morgan fingerprint density at radius 1 is 0.931 bits per heavy atom. The minimum absolute atomic E-state index is 0.0239. The van der Waals surface area contributed by atoms with Crippen LogP contribution in [0.4, 0.5) is 0 Å². The minimum atomic E-state index is -0.441. The van der Waals surface area contributed by atoms with Gasteiger partial charge in [0, 0.05) is 31.2 Å². The number of carbonyl (C=O) groups excluding carboxylic acids is 2. The monoisotopic (exact) mass is 412 g/mol. The molecule has 170 valence electrons. The second-order valence-corrected chi connectivity index (χ2v) is 6.93. The summed E-state index contributed by atoms with van der Waals surface area (Å²) < 4.78 is 4.51. The SMILES string of the molecule is C=C(CCNCCCC)C(=O)NCCCCCCCC.C=CC(=O)OCCCO. The first-order valence-electron chi connectivity index (χ1n) is 11.1.